The van der Waals surface area contributed by atoms with Gasteiger partial charge in [0.25, 0.3) is 11.8 Å². The Balaban J connectivity index is 1.26. The van der Waals surface area contributed by atoms with Gasteiger partial charge >= 0.3 is 0 Å². The van der Waals surface area contributed by atoms with Crippen LogP contribution in [0.25, 0.3) is 0 Å². The molecule has 6 nitrogen and oxygen atoms in total. The maximum atomic E-state index is 13.6. The number of aromatic nitrogens is 1. The van der Waals surface area contributed by atoms with Gasteiger partial charge in [0.05, 0.1) is 11.5 Å². The summed E-state index contributed by atoms with van der Waals surface area (Å²) in [6.07, 6.45) is 4.15. The monoisotopic (exact) mass is 520 g/mol. The molecule has 3 heterocycles. The van der Waals surface area contributed by atoms with E-state index in [0.717, 1.165) is 43.5 Å². The van der Waals surface area contributed by atoms with Crippen molar-refractivity contribution >= 4 is 11.8 Å². The SMILES string of the molecule is Cc1nc(C(=O)N2CCC(C#N)(c3ccccc3)CC2)cc(C(=O)N2CCC(Cc3ccccc3)CC2)c1C. The Bertz CT molecular complexity index is 1360. The first kappa shape index (κ1) is 26.6. The second kappa shape index (κ2) is 11.4. The van der Waals surface area contributed by atoms with Crippen LogP contribution in [0.15, 0.2) is 66.7 Å². The lowest BCUT2D eigenvalue weighted by molar-refractivity contribution is 0.0684. The van der Waals surface area contributed by atoms with Gasteiger partial charge in [-0.3, -0.25) is 9.59 Å². The zero-order valence-corrected chi connectivity index (χ0v) is 22.9. The van der Waals surface area contributed by atoms with Gasteiger partial charge < -0.3 is 9.80 Å². The van der Waals surface area contributed by atoms with Crippen LogP contribution in [0.2, 0.25) is 0 Å². The average Bonchev–Trinajstić information content (AvgIpc) is 2.99. The number of pyridine rings is 1. The molecule has 5 rings (SSSR count). The molecule has 2 aliphatic heterocycles. The van der Waals surface area contributed by atoms with E-state index in [-0.39, 0.29) is 11.8 Å². The molecule has 2 fully saturated rings. The highest BCUT2D eigenvalue weighted by Gasteiger charge is 2.38. The van der Waals surface area contributed by atoms with E-state index in [0.29, 0.717) is 48.8 Å². The van der Waals surface area contributed by atoms with Crippen LogP contribution in [0.1, 0.15) is 68.9 Å². The molecule has 2 aromatic carbocycles. The van der Waals surface area contributed by atoms with Gasteiger partial charge in [-0.25, -0.2) is 4.98 Å². The zero-order chi connectivity index (χ0) is 27.4. The first-order valence-corrected chi connectivity index (χ1v) is 14.0. The molecule has 0 spiro atoms. The molecule has 0 saturated carbocycles. The number of hydrogen-bond donors (Lipinski definition) is 0. The van der Waals surface area contributed by atoms with Gasteiger partial charge in [-0.05, 0) is 74.6 Å². The summed E-state index contributed by atoms with van der Waals surface area (Å²) in [6, 6.07) is 24.6. The minimum absolute atomic E-state index is 0.0172. The minimum atomic E-state index is -0.581. The summed E-state index contributed by atoms with van der Waals surface area (Å²) in [5, 5.41) is 10.0. The van der Waals surface area contributed by atoms with Gasteiger partial charge in [-0.15, -0.1) is 0 Å². The molecule has 0 unspecified atom stereocenters. The average molecular weight is 521 g/mol. The lowest BCUT2D eigenvalue weighted by Crippen LogP contribution is -2.45. The van der Waals surface area contributed by atoms with Crippen molar-refractivity contribution in [3.05, 3.63) is 100 Å². The summed E-state index contributed by atoms with van der Waals surface area (Å²) in [4.78, 5) is 35.4. The molecule has 2 aliphatic rings. The van der Waals surface area contributed by atoms with Crippen LogP contribution in [0.3, 0.4) is 0 Å². The Labute approximate surface area is 231 Å². The third kappa shape index (κ3) is 5.59. The smallest absolute Gasteiger partial charge is 0.272 e. The Morgan fingerprint density at radius 2 is 1.49 bits per heavy atom. The zero-order valence-electron chi connectivity index (χ0n) is 22.9. The van der Waals surface area contributed by atoms with Gasteiger partial charge in [0.2, 0.25) is 0 Å². The van der Waals surface area contributed by atoms with Crippen molar-refractivity contribution in [2.45, 2.75) is 51.4 Å². The van der Waals surface area contributed by atoms with Crippen LogP contribution in [0.5, 0.6) is 0 Å². The third-order valence-electron chi connectivity index (χ3n) is 8.68. The summed E-state index contributed by atoms with van der Waals surface area (Å²) in [6.45, 7) is 6.18. The van der Waals surface area contributed by atoms with Crippen molar-refractivity contribution in [1.29, 1.82) is 5.26 Å². The largest absolute Gasteiger partial charge is 0.339 e. The van der Waals surface area contributed by atoms with E-state index in [9.17, 15) is 14.9 Å². The summed E-state index contributed by atoms with van der Waals surface area (Å²) in [5.41, 5.74) is 4.18. The van der Waals surface area contributed by atoms with E-state index >= 15 is 0 Å². The first-order valence-electron chi connectivity index (χ1n) is 14.0. The van der Waals surface area contributed by atoms with Crippen LogP contribution >= 0.6 is 0 Å². The van der Waals surface area contributed by atoms with Crippen molar-refractivity contribution in [2.24, 2.45) is 5.92 Å². The molecule has 200 valence electrons. The third-order valence-corrected chi connectivity index (χ3v) is 8.68. The van der Waals surface area contributed by atoms with Crippen LogP contribution in [0.4, 0.5) is 0 Å². The number of rotatable bonds is 5. The van der Waals surface area contributed by atoms with Crippen LogP contribution in [-0.2, 0) is 11.8 Å². The lowest BCUT2D eigenvalue weighted by Gasteiger charge is -2.37. The molecule has 1 aromatic heterocycles. The minimum Gasteiger partial charge on any atom is -0.339 e. The van der Waals surface area contributed by atoms with Crippen molar-refractivity contribution in [2.75, 3.05) is 26.2 Å². The quantitative estimate of drug-likeness (QED) is 0.446. The maximum absolute atomic E-state index is 13.6. The number of amides is 2. The topological polar surface area (TPSA) is 77.3 Å². The summed E-state index contributed by atoms with van der Waals surface area (Å²) >= 11 is 0. The van der Waals surface area contributed by atoms with Gasteiger partial charge in [0, 0.05) is 37.4 Å². The number of piperidine rings is 2. The number of hydrogen-bond acceptors (Lipinski definition) is 4. The molecule has 3 aromatic rings. The number of nitrogens with zero attached hydrogens (tertiary/aromatic N) is 4. The molecule has 39 heavy (non-hydrogen) atoms. The fourth-order valence-electron chi connectivity index (χ4n) is 6.00. The van der Waals surface area contributed by atoms with Crippen molar-refractivity contribution in [1.82, 2.24) is 14.8 Å². The molecule has 2 amide bonds. The Morgan fingerprint density at radius 3 is 2.10 bits per heavy atom. The molecular weight excluding hydrogens is 484 g/mol. The number of likely N-dealkylation sites (tertiary alicyclic amines) is 2. The predicted octanol–water partition coefficient (Wildman–Crippen LogP) is 5.49. The highest BCUT2D eigenvalue weighted by molar-refractivity contribution is 6.00. The summed E-state index contributed by atoms with van der Waals surface area (Å²) < 4.78 is 0. The molecule has 0 atom stereocenters. The number of benzene rings is 2. The molecule has 0 radical (unpaired) electrons. The van der Waals surface area contributed by atoms with E-state index in [2.05, 4.69) is 35.3 Å². The first-order chi connectivity index (χ1) is 18.9. The van der Waals surface area contributed by atoms with Crippen LogP contribution < -0.4 is 0 Å². The van der Waals surface area contributed by atoms with Crippen LogP contribution in [0, 0.1) is 31.1 Å². The standard InChI is InChI=1S/C33H36N4O2/c1-24-25(2)35-30(32(39)37-19-15-33(23-34,16-20-37)28-11-7-4-8-12-28)22-29(24)31(38)36-17-13-27(14-18-36)21-26-9-5-3-6-10-26/h3-12,22,27H,13-21H2,1-2H3. The van der Waals surface area contributed by atoms with E-state index in [4.69, 9.17) is 0 Å². The van der Waals surface area contributed by atoms with E-state index in [1.165, 1.54) is 5.56 Å². The maximum Gasteiger partial charge on any atom is 0.272 e. The molecule has 6 heteroatoms. The second-order valence-electron chi connectivity index (χ2n) is 11.0. The Hall–Kier alpha value is -3.98. The van der Waals surface area contributed by atoms with Crippen molar-refractivity contribution in [3.8, 4) is 6.07 Å². The molecule has 0 bridgehead atoms. The van der Waals surface area contributed by atoms with E-state index < -0.39 is 5.41 Å². The van der Waals surface area contributed by atoms with Crippen molar-refractivity contribution in [3.63, 3.8) is 0 Å². The summed E-state index contributed by atoms with van der Waals surface area (Å²) in [5.74, 6) is 0.383. The number of carbonyl (C=O) groups is 2. The summed E-state index contributed by atoms with van der Waals surface area (Å²) in [7, 11) is 0. The molecule has 0 N–H and O–H groups in total. The van der Waals surface area contributed by atoms with Gasteiger partial charge in [0.1, 0.15) is 5.69 Å². The highest BCUT2D eigenvalue weighted by atomic mass is 16.2. The van der Waals surface area contributed by atoms with Gasteiger partial charge in [0.15, 0.2) is 0 Å². The lowest BCUT2D eigenvalue weighted by atomic mass is 9.74. The van der Waals surface area contributed by atoms with Gasteiger partial charge in [-0.2, -0.15) is 5.26 Å². The molecule has 0 aliphatic carbocycles. The number of carbonyl (C=O) groups excluding carboxylic acids is 2. The highest BCUT2D eigenvalue weighted by Crippen LogP contribution is 2.35. The van der Waals surface area contributed by atoms with Crippen LogP contribution in [-0.4, -0.2) is 52.8 Å². The predicted molar refractivity (Wildman–Crippen MR) is 151 cm³/mol. The fraction of sp³-hybridized carbons (Fsp3) is 0.394. The van der Waals surface area contributed by atoms with Crippen molar-refractivity contribution < 1.29 is 9.59 Å². The molecule has 2 saturated heterocycles. The Morgan fingerprint density at radius 1 is 0.897 bits per heavy atom. The number of nitriles is 1. The molecular formula is C33H36N4O2. The fourth-order valence-corrected chi connectivity index (χ4v) is 6.00. The van der Waals surface area contributed by atoms with Gasteiger partial charge in [-0.1, -0.05) is 60.7 Å². The Kier molecular flexibility index (Phi) is 7.79. The van der Waals surface area contributed by atoms with E-state index in [1.807, 2.05) is 55.1 Å². The second-order valence-corrected chi connectivity index (χ2v) is 11.0. The van der Waals surface area contributed by atoms with E-state index in [1.54, 1.807) is 11.0 Å². The normalized spacial score (nSPS) is 17.5. The number of aryl methyl sites for hydroxylation is 1.